The van der Waals surface area contributed by atoms with Crippen molar-refractivity contribution in [2.24, 2.45) is 5.73 Å². The van der Waals surface area contributed by atoms with Gasteiger partial charge in [0.2, 0.25) is 0 Å². The van der Waals surface area contributed by atoms with Gasteiger partial charge in [0, 0.05) is 16.8 Å². The molecule has 2 aromatic rings. The van der Waals surface area contributed by atoms with Crippen molar-refractivity contribution in [1.82, 2.24) is 4.98 Å². The molecule has 0 fully saturated rings. The highest BCUT2D eigenvalue weighted by atomic mass is 35.5. The first-order valence-electron chi connectivity index (χ1n) is 6.74. The predicted molar refractivity (Wildman–Crippen MR) is 87.1 cm³/mol. The molecule has 3 nitrogen and oxygen atoms in total. The molecular weight excluding hydrogens is 307 g/mol. The van der Waals surface area contributed by atoms with E-state index in [1.54, 1.807) is 6.07 Å². The molecule has 0 aliphatic heterocycles. The Kier molecular flexibility index (Phi) is 5.45. The smallest absolute Gasteiger partial charge is 0.141 e. The van der Waals surface area contributed by atoms with Crippen LogP contribution in [0.4, 0.5) is 0 Å². The van der Waals surface area contributed by atoms with Crippen molar-refractivity contribution >= 4 is 23.2 Å². The molecule has 0 aliphatic rings. The van der Waals surface area contributed by atoms with E-state index < -0.39 is 0 Å². The van der Waals surface area contributed by atoms with E-state index in [0.29, 0.717) is 28.8 Å². The molecule has 1 heterocycles. The summed E-state index contributed by atoms with van der Waals surface area (Å²) in [6.45, 7) is 4.23. The maximum absolute atomic E-state index is 6.24. The van der Waals surface area contributed by atoms with Gasteiger partial charge in [0.15, 0.2) is 0 Å². The standard InChI is InChI=1S/C16H18Cl2N2O/c1-10(19)6-12-7-13(17)8-15(18)16(12)21-9-14-5-3-4-11(2)20-14/h3-5,7-8,10H,6,9,19H2,1-2H3. The molecular formula is C16H18Cl2N2O. The van der Waals surface area contributed by atoms with Crippen LogP contribution in [0, 0.1) is 6.92 Å². The van der Waals surface area contributed by atoms with Gasteiger partial charge in [0.05, 0.1) is 10.7 Å². The number of hydrogen-bond acceptors (Lipinski definition) is 3. The quantitative estimate of drug-likeness (QED) is 0.898. The van der Waals surface area contributed by atoms with Gasteiger partial charge in [-0.05, 0) is 50.1 Å². The molecule has 0 aliphatic carbocycles. The highest BCUT2D eigenvalue weighted by molar-refractivity contribution is 6.35. The van der Waals surface area contributed by atoms with Crippen LogP contribution in [0.15, 0.2) is 30.3 Å². The van der Waals surface area contributed by atoms with E-state index in [-0.39, 0.29) is 6.04 Å². The predicted octanol–water partition coefficient (Wildman–Crippen LogP) is 4.17. The largest absolute Gasteiger partial charge is 0.485 e. The summed E-state index contributed by atoms with van der Waals surface area (Å²) in [4.78, 5) is 4.41. The third kappa shape index (κ3) is 4.60. The molecule has 0 amide bonds. The number of benzene rings is 1. The Morgan fingerprint density at radius 3 is 2.71 bits per heavy atom. The van der Waals surface area contributed by atoms with Crippen molar-refractivity contribution in [3.05, 3.63) is 57.3 Å². The Balaban J connectivity index is 2.22. The molecule has 1 atom stereocenters. The third-order valence-corrected chi connectivity index (χ3v) is 3.44. The van der Waals surface area contributed by atoms with Gasteiger partial charge in [0.25, 0.3) is 0 Å². The topological polar surface area (TPSA) is 48.1 Å². The second kappa shape index (κ2) is 7.12. The molecule has 0 bridgehead atoms. The van der Waals surface area contributed by atoms with E-state index in [2.05, 4.69) is 4.98 Å². The van der Waals surface area contributed by atoms with Crippen LogP contribution in [-0.4, -0.2) is 11.0 Å². The van der Waals surface area contributed by atoms with E-state index in [0.717, 1.165) is 17.0 Å². The fourth-order valence-electron chi connectivity index (χ4n) is 2.10. The normalized spacial score (nSPS) is 12.2. The SMILES string of the molecule is Cc1cccc(COc2c(Cl)cc(Cl)cc2CC(C)N)n1. The van der Waals surface area contributed by atoms with Crippen molar-refractivity contribution < 1.29 is 4.74 Å². The first kappa shape index (κ1) is 16.1. The lowest BCUT2D eigenvalue weighted by Crippen LogP contribution is -2.18. The minimum atomic E-state index is -0.000946. The maximum atomic E-state index is 6.24. The molecule has 0 spiro atoms. The van der Waals surface area contributed by atoms with Crippen molar-refractivity contribution in [2.75, 3.05) is 0 Å². The van der Waals surface area contributed by atoms with Crippen LogP contribution in [0.25, 0.3) is 0 Å². The van der Waals surface area contributed by atoms with Crippen molar-refractivity contribution in [3.63, 3.8) is 0 Å². The number of halogens is 2. The van der Waals surface area contributed by atoms with E-state index in [1.807, 2.05) is 38.1 Å². The number of ether oxygens (including phenoxy) is 1. The molecule has 0 saturated carbocycles. The summed E-state index contributed by atoms with van der Waals surface area (Å²) >= 11 is 12.3. The molecule has 112 valence electrons. The number of aryl methyl sites for hydroxylation is 1. The summed E-state index contributed by atoms with van der Waals surface area (Å²) in [5.74, 6) is 0.627. The van der Waals surface area contributed by atoms with E-state index >= 15 is 0 Å². The second-order valence-electron chi connectivity index (χ2n) is 5.12. The monoisotopic (exact) mass is 324 g/mol. The zero-order valence-electron chi connectivity index (χ0n) is 12.1. The average molecular weight is 325 g/mol. The molecule has 21 heavy (non-hydrogen) atoms. The number of rotatable bonds is 5. The Bertz CT molecular complexity index is 630. The fourth-order valence-corrected chi connectivity index (χ4v) is 2.69. The summed E-state index contributed by atoms with van der Waals surface area (Å²) in [6, 6.07) is 9.33. The van der Waals surface area contributed by atoms with Gasteiger partial charge in [-0.1, -0.05) is 29.3 Å². The Morgan fingerprint density at radius 1 is 1.29 bits per heavy atom. The number of aromatic nitrogens is 1. The Labute approximate surface area is 135 Å². The maximum Gasteiger partial charge on any atom is 0.141 e. The highest BCUT2D eigenvalue weighted by Gasteiger charge is 2.13. The van der Waals surface area contributed by atoms with E-state index in [4.69, 9.17) is 33.7 Å². The van der Waals surface area contributed by atoms with Crippen molar-refractivity contribution in [1.29, 1.82) is 0 Å². The molecule has 2 rings (SSSR count). The van der Waals surface area contributed by atoms with Gasteiger partial charge >= 0.3 is 0 Å². The van der Waals surface area contributed by atoms with Crippen LogP contribution >= 0.6 is 23.2 Å². The van der Waals surface area contributed by atoms with Gasteiger partial charge in [-0.25, -0.2) is 0 Å². The highest BCUT2D eigenvalue weighted by Crippen LogP contribution is 2.33. The average Bonchev–Trinajstić information content (AvgIpc) is 2.36. The van der Waals surface area contributed by atoms with Crippen LogP contribution in [0.2, 0.25) is 10.0 Å². The molecule has 1 aromatic carbocycles. The molecule has 1 aromatic heterocycles. The summed E-state index contributed by atoms with van der Waals surface area (Å²) in [5, 5.41) is 1.07. The first-order chi connectivity index (χ1) is 9.95. The minimum Gasteiger partial charge on any atom is -0.485 e. The van der Waals surface area contributed by atoms with E-state index in [9.17, 15) is 0 Å². The number of hydrogen-bond donors (Lipinski definition) is 1. The van der Waals surface area contributed by atoms with Gasteiger partial charge in [-0.3, -0.25) is 4.98 Å². The molecule has 2 N–H and O–H groups in total. The van der Waals surface area contributed by atoms with Crippen LogP contribution in [0.5, 0.6) is 5.75 Å². The van der Waals surface area contributed by atoms with Gasteiger partial charge in [-0.15, -0.1) is 0 Å². The van der Waals surface area contributed by atoms with E-state index in [1.165, 1.54) is 0 Å². The summed E-state index contributed by atoms with van der Waals surface area (Å²) in [5.41, 5.74) is 8.59. The van der Waals surface area contributed by atoms with Crippen LogP contribution < -0.4 is 10.5 Å². The lowest BCUT2D eigenvalue weighted by atomic mass is 10.1. The zero-order valence-corrected chi connectivity index (χ0v) is 13.6. The van der Waals surface area contributed by atoms with Crippen LogP contribution in [-0.2, 0) is 13.0 Å². The first-order valence-corrected chi connectivity index (χ1v) is 7.50. The summed E-state index contributed by atoms with van der Waals surface area (Å²) in [7, 11) is 0. The van der Waals surface area contributed by atoms with Crippen molar-refractivity contribution in [3.8, 4) is 5.75 Å². The fraction of sp³-hybridized carbons (Fsp3) is 0.312. The lowest BCUT2D eigenvalue weighted by Gasteiger charge is -2.15. The Hall–Kier alpha value is -1.29. The number of nitrogens with two attached hydrogens (primary N) is 1. The zero-order chi connectivity index (χ0) is 15.4. The molecule has 5 heteroatoms. The molecule has 0 saturated heterocycles. The van der Waals surface area contributed by atoms with Crippen LogP contribution in [0.3, 0.4) is 0 Å². The minimum absolute atomic E-state index is 0.000946. The second-order valence-corrected chi connectivity index (χ2v) is 5.96. The van der Waals surface area contributed by atoms with Crippen molar-refractivity contribution in [2.45, 2.75) is 32.9 Å². The van der Waals surface area contributed by atoms with Gasteiger partial charge in [0.1, 0.15) is 12.4 Å². The van der Waals surface area contributed by atoms with Gasteiger partial charge in [-0.2, -0.15) is 0 Å². The molecule has 0 radical (unpaired) electrons. The molecule has 1 unspecified atom stereocenters. The van der Waals surface area contributed by atoms with Gasteiger partial charge < -0.3 is 10.5 Å². The lowest BCUT2D eigenvalue weighted by molar-refractivity contribution is 0.297. The Morgan fingerprint density at radius 2 is 2.05 bits per heavy atom. The summed E-state index contributed by atoms with van der Waals surface area (Å²) in [6.07, 6.45) is 0.650. The number of nitrogens with zero attached hydrogens (tertiary/aromatic N) is 1. The van der Waals surface area contributed by atoms with Crippen LogP contribution in [0.1, 0.15) is 23.9 Å². The summed E-state index contributed by atoms with van der Waals surface area (Å²) < 4.78 is 5.86. The number of pyridine rings is 1. The third-order valence-electron chi connectivity index (χ3n) is 2.94.